The fourth-order valence-electron chi connectivity index (χ4n) is 3.53. The summed E-state index contributed by atoms with van der Waals surface area (Å²) in [6.07, 6.45) is 3.90. The third-order valence-electron chi connectivity index (χ3n) is 4.74. The number of fused-ring (bicyclic) bond motifs is 1. The van der Waals surface area contributed by atoms with Crippen LogP contribution in [0.25, 0.3) is 0 Å². The van der Waals surface area contributed by atoms with Crippen molar-refractivity contribution in [1.82, 2.24) is 4.90 Å². The summed E-state index contributed by atoms with van der Waals surface area (Å²) >= 11 is 0. The van der Waals surface area contributed by atoms with Crippen molar-refractivity contribution in [2.45, 2.75) is 38.6 Å². The summed E-state index contributed by atoms with van der Waals surface area (Å²) in [5.41, 5.74) is 2.68. The molecule has 1 aromatic rings. The molecule has 1 amide bonds. The van der Waals surface area contributed by atoms with Gasteiger partial charge in [0, 0.05) is 12.6 Å². The summed E-state index contributed by atoms with van der Waals surface area (Å²) in [5, 5.41) is 0. The predicted octanol–water partition coefficient (Wildman–Crippen LogP) is 1.59. The Morgan fingerprint density at radius 3 is 2.78 bits per heavy atom. The lowest BCUT2D eigenvalue weighted by Crippen LogP contribution is -2.43. The third-order valence-corrected chi connectivity index (χ3v) is 6.49. The Morgan fingerprint density at radius 1 is 1.30 bits per heavy atom. The van der Waals surface area contributed by atoms with E-state index in [4.69, 9.17) is 4.74 Å². The number of likely N-dealkylation sites (N-methyl/N-ethyl adjacent to an activating group) is 1. The monoisotopic (exact) mass is 337 g/mol. The minimum Gasteiger partial charge on any atom is -0.484 e. The summed E-state index contributed by atoms with van der Waals surface area (Å²) in [7, 11) is -2.99. The molecule has 0 N–H and O–H groups in total. The number of amides is 1. The van der Waals surface area contributed by atoms with Crippen LogP contribution in [0.2, 0.25) is 0 Å². The molecule has 1 heterocycles. The molecule has 126 valence electrons. The average Bonchev–Trinajstić information content (AvgIpc) is 3.11. The van der Waals surface area contributed by atoms with Crippen molar-refractivity contribution < 1.29 is 17.9 Å². The van der Waals surface area contributed by atoms with Crippen LogP contribution in [0, 0.1) is 0 Å². The minimum atomic E-state index is -2.99. The van der Waals surface area contributed by atoms with Crippen molar-refractivity contribution in [2.75, 3.05) is 24.7 Å². The quantitative estimate of drug-likeness (QED) is 0.818. The maximum atomic E-state index is 12.4. The molecule has 5 nitrogen and oxygen atoms in total. The van der Waals surface area contributed by atoms with Crippen LogP contribution in [0.4, 0.5) is 0 Å². The summed E-state index contributed by atoms with van der Waals surface area (Å²) in [6.45, 7) is 2.34. The SMILES string of the molecule is CCN(C(=O)COc1ccc2c(c1)CCC2)C1CCS(=O)(=O)C1. The van der Waals surface area contributed by atoms with Crippen LogP contribution >= 0.6 is 0 Å². The van der Waals surface area contributed by atoms with E-state index >= 15 is 0 Å². The second kappa shape index (κ2) is 6.51. The fourth-order valence-corrected chi connectivity index (χ4v) is 5.26. The first kappa shape index (κ1) is 16.3. The first-order valence-corrected chi connectivity index (χ1v) is 10.0. The van der Waals surface area contributed by atoms with E-state index < -0.39 is 9.84 Å². The van der Waals surface area contributed by atoms with Crippen LogP contribution in [0.3, 0.4) is 0 Å². The van der Waals surface area contributed by atoms with Gasteiger partial charge in [0.15, 0.2) is 16.4 Å². The highest BCUT2D eigenvalue weighted by molar-refractivity contribution is 7.91. The lowest BCUT2D eigenvalue weighted by molar-refractivity contribution is -0.135. The Kier molecular flexibility index (Phi) is 4.62. The van der Waals surface area contributed by atoms with Crippen LogP contribution in [0.1, 0.15) is 30.9 Å². The van der Waals surface area contributed by atoms with E-state index in [0.29, 0.717) is 18.7 Å². The summed E-state index contributed by atoms with van der Waals surface area (Å²) < 4.78 is 28.9. The molecule has 1 fully saturated rings. The molecule has 3 rings (SSSR count). The van der Waals surface area contributed by atoms with Gasteiger partial charge >= 0.3 is 0 Å². The zero-order valence-corrected chi connectivity index (χ0v) is 14.3. The summed E-state index contributed by atoms with van der Waals surface area (Å²) in [5.74, 6) is 0.822. The molecule has 23 heavy (non-hydrogen) atoms. The molecule has 0 spiro atoms. The van der Waals surface area contributed by atoms with Gasteiger partial charge in [-0.2, -0.15) is 0 Å². The molecule has 0 aromatic heterocycles. The van der Waals surface area contributed by atoms with E-state index in [1.165, 1.54) is 17.5 Å². The summed E-state index contributed by atoms with van der Waals surface area (Å²) in [6, 6.07) is 5.80. The molecule has 1 aliphatic heterocycles. The Morgan fingerprint density at radius 2 is 2.09 bits per heavy atom. The number of hydrogen-bond donors (Lipinski definition) is 0. The third kappa shape index (κ3) is 3.68. The number of carbonyl (C=O) groups excluding carboxylic acids is 1. The largest absolute Gasteiger partial charge is 0.484 e. The Labute approximate surface area is 137 Å². The standard InChI is InChI=1S/C17H23NO4S/c1-2-18(15-8-9-23(20,21)12-15)17(19)11-22-16-7-6-13-4-3-5-14(13)10-16/h6-7,10,15H,2-5,8-9,11-12H2,1H3. The van der Waals surface area contributed by atoms with E-state index in [1.54, 1.807) is 4.90 Å². The van der Waals surface area contributed by atoms with Crippen LogP contribution in [0.15, 0.2) is 18.2 Å². The van der Waals surface area contributed by atoms with E-state index in [2.05, 4.69) is 6.07 Å². The molecule has 1 aromatic carbocycles. The van der Waals surface area contributed by atoms with E-state index in [1.807, 2.05) is 19.1 Å². The maximum absolute atomic E-state index is 12.4. The Bertz CT molecular complexity index is 699. The van der Waals surface area contributed by atoms with E-state index in [0.717, 1.165) is 12.8 Å². The molecule has 6 heteroatoms. The zero-order chi connectivity index (χ0) is 16.4. The number of aryl methyl sites for hydroxylation is 2. The van der Waals surface area contributed by atoms with Gasteiger partial charge in [0.05, 0.1) is 11.5 Å². The first-order chi connectivity index (χ1) is 11.0. The van der Waals surface area contributed by atoms with Gasteiger partial charge in [-0.05, 0) is 55.9 Å². The smallest absolute Gasteiger partial charge is 0.260 e. The molecule has 1 atom stereocenters. The minimum absolute atomic E-state index is 0.0385. The molecule has 0 saturated carbocycles. The second-order valence-corrected chi connectivity index (χ2v) is 8.54. The lowest BCUT2D eigenvalue weighted by Gasteiger charge is -2.26. The van der Waals surface area contributed by atoms with Gasteiger partial charge in [0.1, 0.15) is 5.75 Å². The lowest BCUT2D eigenvalue weighted by atomic mass is 10.1. The van der Waals surface area contributed by atoms with Crippen molar-refractivity contribution in [1.29, 1.82) is 0 Å². The number of ether oxygens (including phenoxy) is 1. The van der Waals surface area contributed by atoms with Crippen LogP contribution < -0.4 is 4.74 Å². The van der Waals surface area contributed by atoms with Gasteiger partial charge in [-0.3, -0.25) is 4.79 Å². The number of carbonyl (C=O) groups is 1. The van der Waals surface area contributed by atoms with E-state index in [9.17, 15) is 13.2 Å². The Balaban J connectivity index is 1.59. The normalized spacial score (nSPS) is 21.9. The van der Waals surface area contributed by atoms with Gasteiger partial charge in [0.25, 0.3) is 5.91 Å². The van der Waals surface area contributed by atoms with Crippen molar-refractivity contribution in [3.8, 4) is 5.75 Å². The second-order valence-electron chi connectivity index (χ2n) is 6.31. The zero-order valence-electron chi connectivity index (χ0n) is 13.5. The van der Waals surface area contributed by atoms with Crippen molar-refractivity contribution >= 4 is 15.7 Å². The van der Waals surface area contributed by atoms with Gasteiger partial charge in [-0.15, -0.1) is 0 Å². The first-order valence-electron chi connectivity index (χ1n) is 8.23. The summed E-state index contributed by atoms with van der Waals surface area (Å²) in [4.78, 5) is 14.0. The molecule has 2 aliphatic rings. The highest BCUT2D eigenvalue weighted by atomic mass is 32.2. The number of sulfone groups is 1. The van der Waals surface area contributed by atoms with Crippen LogP contribution in [-0.4, -0.2) is 49.9 Å². The highest BCUT2D eigenvalue weighted by Gasteiger charge is 2.33. The van der Waals surface area contributed by atoms with Gasteiger partial charge in [-0.1, -0.05) is 6.07 Å². The molecular formula is C17H23NO4S. The molecular weight excluding hydrogens is 314 g/mol. The van der Waals surface area contributed by atoms with Gasteiger partial charge in [0.2, 0.25) is 0 Å². The Hall–Kier alpha value is -1.56. The number of benzene rings is 1. The van der Waals surface area contributed by atoms with Gasteiger partial charge in [-0.25, -0.2) is 8.42 Å². The molecule has 1 saturated heterocycles. The highest BCUT2D eigenvalue weighted by Crippen LogP contribution is 2.26. The average molecular weight is 337 g/mol. The molecule has 1 aliphatic carbocycles. The fraction of sp³-hybridized carbons (Fsp3) is 0.588. The van der Waals surface area contributed by atoms with E-state index in [-0.39, 0.29) is 30.1 Å². The van der Waals surface area contributed by atoms with Gasteiger partial charge < -0.3 is 9.64 Å². The van der Waals surface area contributed by atoms with Crippen LogP contribution in [0.5, 0.6) is 5.75 Å². The number of hydrogen-bond acceptors (Lipinski definition) is 4. The molecule has 1 unspecified atom stereocenters. The predicted molar refractivity (Wildman–Crippen MR) is 88.4 cm³/mol. The van der Waals surface area contributed by atoms with Crippen molar-refractivity contribution in [3.63, 3.8) is 0 Å². The molecule has 0 bridgehead atoms. The topological polar surface area (TPSA) is 63.7 Å². The number of rotatable bonds is 5. The maximum Gasteiger partial charge on any atom is 0.260 e. The van der Waals surface area contributed by atoms with Crippen LogP contribution in [-0.2, 0) is 27.5 Å². The number of nitrogens with zero attached hydrogens (tertiary/aromatic N) is 1. The van der Waals surface area contributed by atoms with Crippen molar-refractivity contribution in [3.05, 3.63) is 29.3 Å². The molecule has 0 radical (unpaired) electrons. The van der Waals surface area contributed by atoms with Crippen molar-refractivity contribution in [2.24, 2.45) is 0 Å².